The van der Waals surface area contributed by atoms with Gasteiger partial charge in [0.1, 0.15) is 0 Å². The van der Waals surface area contributed by atoms with E-state index < -0.39 is 15.9 Å². The number of rotatable bonds is 3. The van der Waals surface area contributed by atoms with Gasteiger partial charge in [-0.1, -0.05) is 12.1 Å². The number of amides is 1. The number of carbonyl (C=O) groups excluding carboxylic acids is 1. The number of fused-ring (bicyclic) bond motifs is 1. The molecule has 1 amide bonds. The summed E-state index contributed by atoms with van der Waals surface area (Å²) in [6.45, 7) is 1.86. The summed E-state index contributed by atoms with van der Waals surface area (Å²) in [5.74, 6) is -0.393. The number of hydrogen-bond donors (Lipinski definition) is 1. The van der Waals surface area contributed by atoms with E-state index in [1.54, 1.807) is 24.4 Å². The quantitative estimate of drug-likeness (QED) is 0.899. The van der Waals surface area contributed by atoms with Gasteiger partial charge in [-0.25, -0.2) is 13.4 Å². The molecule has 0 aliphatic carbocycles. The van der Waals surface area contributed by atoms with Crippen LogP contribution in [0.3, 0.4) is 0 Å². The predicted octanol–water partition coefficient (Wildman–Crippen LogP) is 2.04. The summed E-state index contributed by atoms with van der Waals surface area (Å²) in [5.41, 5.74) is 0.280. The minimum absolute atomic E-state index is 0.0796. The normalized spacial score (nSPS) is 15.9. The van der Waals surface area contributed by atoms with Gasteiger partial charge in [0.15, 0.2) is 16.6 Å². The van der Waals surface area contributed by atoms with Crippen LogP contribution in [0.4, 0.5) is 5.13 Å². The standard InChI is InChI=1S/C15H15N3O4S2/c1-9-8-16-15(23-9)17-14(19)12-13(22-3)10-6-4-5-7-11(10)24(20,21)18(12)2/h4-8H,1-3H3,(H,16,17,19). The third-order valence-electron chi connectivity index (χ3n) is 3.56. The molecule has 1 N–H and O–H groups in total. The summed E-state index contributed by atoms with van der Waals surface area (Å²) in [7, 11) is -1.10. The molecule has 0 saturated carbocycles. The molecule has 1 aliphatic rings. The summed E-state index contributed by atoms with van der Waals surface area (Å²) < 4.78 is 31.6. The number of nitrogens with one attached hydrogen (secondary N) is 1. The Hall–Kier alpha value is -2.39. The van der Waals surface area contributed by atoms with Crippen molar-refractivity contribution in [2.45, 2.75) is 11.8 Å². The van der Waals surface area contributed by atoms with Gasteiger partial charge < -0.3 is 4.74 Å². The Bertz CT molecular complexity index is 947. The van der Waals surface area contributed by atoms with Crippen molar-refractivity contribution in [1.82, 2.24) is 9.29 Å². The van der Waals surface area contributed by atoms with Crippen LogP contribution in [0.15, 0.2) is 41.1 Å². The van der Waals surface area contributed by atoms with Gasteiger partial charge in [-0.15, -0.1) is 11.3 Å². The monoisotopic (exact) mass is 365 g/mol. The number of anilines is 1. The summed E-state index contributed by atoms with van der Waals surface area (Å²) >= 11 is 1.30. The second-order valence-electron chi connectivity index (χ2n) is 5.08. The summed E-state index contributed by atoms with van der Waals surface area (Å²) in [4.78, 5) is 17.8. The van der Waals surface area contributed by atoms with Crippen LogP contribution in [0, 0.1) is 6.92 Å². The molecule has 1 aromatic heterocycles. The molecule has 3 rings (SSSR count). The van der Waals surface area contributed by atoms with Crippen LogP contribution < -0.4 is 5.32 Å². The van der Waals surface area contributed by atoms with Crippen molar-refractivity contribution >= 4 is 38.2 Å². The van der Waals surface area contributed by atoms with Crippen molar-refractivity contribution in [2.24, 2.45) is 0 Å². The van der Waals surface area contributed by atoms with E-state index in [0.29, 0.717) is 10.7 Å². The summed E-state index contributed by atoms with van der Waals surface area (Å²) in [6.07, 6.45) is 1.63. The largest absolute Gasteiger partial charge is 0.494 e. The number of aromatic nitrogens is 1. The maximum atomic E-state index is 12.7. The fourth-order valence-electron chi connectivity index (χ4n) is 2.44. The molecular weight excluding hydrogens is 350 g/mol. The third kappa shape index (κ3) is 2.55. The molecule has 0 bridgehead atoms. The van der Waals surface area contributed by atoms with Crippen molar-refractivity contribution in [1.29, 1.82) is 0 Å². The average molecular weight is 365 g/mol. The Morgan fingerprint density at radius 2 is 2.04 bits per heavy atom. The molecule has 0 radical (unpaired) electrons. The second-order valence-corrected chi connectivity index (χ2v) is 8.25. The molecule has 2 aromatic rings. The van der Waals surface area contributed by atoms with E-state index in [4.69, 9.17) is 4.74 Å². The predicted molar refractivity (Wildman–Crippen MR) is 90.8 cm³/mol. The summed E-state index contributed by atoms with van der Waals surface area (Å²) in [5, 5.41) is 3.01. The van der Waals surface area contributed by atoms with Crippen LogP contribution in [0.5, 0.6) is 0 Å². The number of likely N-dealkylation sites (N-methyl/N-ethyl adjacent to an activating group) is 1. The lowest BCUT2D eigenvalue weighted by Gasteiger charge is -2.29. The van der Waals surface area contributed by atoms with Gasteiger partial charge in [-0.2, -0.15) is 0 Å². The van der Waals surface area contributed by atoms with Gasteiger partial charge in [0, 0.05) is 23.7 Å². The lowest BCUT2D eigenvalue weighted by molar-refractivity contribution is -0.113. The van der Waals surface area contributed by atoms with Gasteiger partial charge in [0.25, 0.3) is 15.9 Å². The van der Waals surface area contributed by atoms with Crippen LogP contribution >= 0.6 is 11.3 Å². The van der Waals surface area contributed by atoms with Gasteiger partial charge in [0.2, 0.25) is 0 Å². The zero-order valence-corrected chi connectivity index (χ0v) is 14.9. The first-order valence-electron chi connectivity index (χ1n) is 6.96. The van der Waals surface area contributed by atoms with Crippen molar-refractivity contribution in [2.75, 3.05) is 19.5 Å². The van der Waals surface area contributed by atoms with Crippen LogP contribution in [-0.2, 0) is 19.6 Å². The van der Waals surface area contributed by atoms with E-state index in [0.717, 1.165) is 9.18 Å². The molecule has 0 fully saturated rings. The molecule has 24 heavy (non-hydrogen) atoms. The average Bonchev–Trinajstić information content (AvgIpc) is 2.95. The Morgan fingerprint density at radius 3 is 2.67 bits per heavy atom. The van der Waals surface area contributed by atoms with Crippen molar-refractivity contribution in [3.05, 3.63) is 46.6 Å². The highest BCUT2D eigenvalue weighted by Crippen LogP contribution is 2.36. The number of nitrogens with zero attached hydrogens (tertiary/aromatic N) is 2. The molecule has 0 unspecified atom stereocenters. The van der Waals surface area contributed by atoms with Crippen molar-refractivity contribution in [3.63, 3.8) is 0 Å². The molecule has 1 aliphatic heterocycles. The fraction of sp³-hybridized carbons (Fsp3) is 0.200. The molecule has 2 heterocycles. The Labute approximate surface area is 143 Å². The van der Waals surface area contributed by atoms with Gasteiger partial charge >= 0.3 is 0 Å². The summed E-state index contributed by atoms with van der Waals surface area (Å²) in [6, 6.07) is 6.41. The van der Waals surface area contributed by atoms with Crippen molar-refractivity contribution in [3.8, 4) is 0 Å². The number of hydrogen-bond acceptors (Lipinski definition) is 6. The number of carbonyl (C=O) groups is 1. The molecule has 1 aromatic carbocycles. The van der Waals surface area contributed by atoms with Crippen LogP contribution in [0.2, 0.25) is 0 Å². The molecule has 0 atom stereocenters. The highest BCUT2D eigenvalue weighted by atomic mass is 32.2. The van der Waals surface area contributed by atoms with E-state index >= 15 is 0 Å². The number of ether oxygens (including phenoxy) is 1. The molecule has 126 valence electrons. The number of methoxy groups -OCH3 is 1. The molecular formula is C15H15N3O4S2. The Kier molecular flexibility index (Phi) is 4.06. The van der Waals surface area contributed by atoms with Gasteiger partial charge in [-0.3, -0.25) is 14.4 Å². The highest BCUT2D eigenvalue weighted by Gasteiger charge is 2.38. The van der Waals surface area contributed by atoms with Gasteiger partial charge in [-0.05, 0) is 19.1 Å². The van der Waals surface area contributed by atoms with Crippen molar-refractivity contribution < 1.29 is 17.9 Å². The topological polar surface area (TPSA) is 88.6 Å². The third-order valence-corrected chi connectivity index (χ3v) is 6.20. The maximum absolute atomic E-state index is 12.7. The Balaban J connectivity index is 2.13. The van der Waals surface area contributed by atoms with E-state index in [2.05, 4.69) is 10.3 Å². The molecule has 7 nitrogen and oxygen atoms in total. The first-order chi connectivity index (χ1) is 11.4. The lowest BCUT2D eigenvalue weighted by atomic mass is 10.1. The lowest BCUT2D eigenvalue weighted by Crippen LogP contribution is -2.37. The smallest absolute Gasteiger partial charge is 0.278 e. The highest BCUT2D eigenvalue weighted by molar-refractivity contribution is 7.89. The molecule has 0 spiro atoms. The number of sulfonamides is 1. The van der Waals surface area contributed by atoms with E-state index in [9.17, 15) is 13.2 Å². The SMILES string of the molecule is COC1=C(C(=O)Nc2ncc(C)s2)N(C)S(=O)(=O)c2ccccc21. The molecule has 9 heteroatoms. The van der Waals surface area contributed by atoms with Crippen LogP contribution in [-0.4, -0.2) is 37.8 Å². The van der Waals surface area contributed by atoms with E-state index in [1.807, 2.05) is 6.92 Å². The number of thiazole rings is 1. The maximum Gasteiger partial charge on any atom is 0.278 e. The first-order valence-corrected chi connectivity index (χ1v) is 9.22. The van der Waals surface area contributed by atoms with Crippen LogP contribution in [0.1, 0.15) is 10.4 Å². The number of aryl methyl sites for hydroxylation is 1. The second kappa shape index (κ2) is 5.91. The zero-order valence-electron chi connectivity index (χ0n) is 13.2. The van der Waals surface area contributed by atoms with Crippen LogP contribution in [0.25, 0.3) is 5.76 Å². The fourth-order valence-corrected chi connectivity index (χ4v) is 4.49. The zero-order chi connectivity index (χ0) is 17.5. The first kappa shape index (κ1) is 16.5. The van der Waals surface area contributed by atoms with Gasteiger partial charge in [0.05, 0.1) is 12.0 Å². The minimum Gasteiger partial charge on any atom is -0.494 e. The Morgan fingerprint density at radius 1 is 1.33 bits per heavy atom. The van der Waals surface area contributed by atoms with E-state index in [1.165, 1.54) is 31.6 Å². The minimum atomic E-state index is -3.83. The molecule has 0 saturated heterocycles. The number of benzene rings is 1. The van der Waals surface area contributed by atoms with E-state index in [-0.39, 0.29) is 16.4 Å².